The van der Waals surface area contributed by atoms with Gasteiger partial charge >= 0.3 is 5.69 Å². The molecule has 0 unspecified atom stereocenters. The first-order valence-corrected chi connectivity index (χ1v) is 5.55. The molecule has 0 atom stereocenters. The lowest BCUT2D eigenvalue weighted by Crippen LogP contribution is -2.20. The maximum Gasteiger partial charge on any atom is 0.326 e. The summed E-state index contributed by atoms with van der Waals surface area (Å²) in [5, 5.41) is 0.900. The molecule has 0 radical (unpaired) electrons. The van der Waals surface area contributed by atoms with Crippen LogP contribution in [0.4, 0.5) is 0 Å². The van der Waals surface area contributed by atoms with Gasteiger partial charge in [-0.3, -0.25) is 9.78 Å². The highest BCUT2D eigenvalue weighted by atomic mass is 35.5. The van der Waals surface area contributed by atoms with Crippen molar-refractivity contribution in [3.8, 4) is 0 Å². The largest absolute Gasteiger partial charge is 0.326 e. The van der Waals surface area contributed by atoms with E-state index in [2.05, 4.69) is 15.0 Å². The number of aromatic amines is 2. The number of fused-ring (bicyclic) bond motifs is 3. The number of hydrogen-bond donors (Lipinski definition) is 2. The van der Waals surface area contributed by atoms with Crippen LogP contribution in [0.3, 0.4) is 0 Å². The highest BCUT2D eigenvalue weighted by Gasteiger charge is 2.12. The summed E-state index contributed by atoms with van der Waals surface area (Å²) in [6, 6.07) is 1.75. The summed E-state index contributed by atoms with van der Waals surface area (Å²) in [6.45, 7) is 0. The number of rotatable bonds is 0. The molecule has 5 nitrogen and oxygen atoms in total. The first-order valence-electron chi connectivity index (χ1n) is 4.36. The van der Waals surface area contributed by atoms with Crippen molar-refractivity contribution >= 4 is 43.2 Å². The lowest BCUT2D eigenvalue weighted by atomic mass is 10.3. The minimum atomic E-state index is -0.544. The Morgan fingerprint density at radius 3 is 2.94 bits per heavy atom. The number of H-pyrrole nitrogens is 2. The van der Waals surface area contributed by atoms with Crippen molar-refractivity contribution in [1.82, 2.24) is 15.0 Å². The summed E-state index contributed by atoms with van der Waals surface area (Å²) in [7, 11) is 0. The van der Waals surface area contributed by atoms with Crippen molar-refractivity contribution in [2.75, 3.05) is 0 Å². The molecular formula is C9H4ClN3O2S. The van der Waals surface area contributed by atoms with Crippen molar-refractivity contribution in [3.63, 3.8) is 0 Å². The van der Waals surface area contributed by atoms with Crippen LogP contribution in [0.15, 0.2) is 21.9 Å². The van der Waals surface area contributed by atoms with Gasteiger partial charge in [-0.15, -0.1) is 11.3 Å². The number of pyridine rings is 1. The fraction of sp³-hybridized carbons (Fsp3) is 0. The molecule has 0 spiro atoms. The van der Waals surface area contributed by atoms with Crippen LogP contribution in [0.1, 0.15) is 0 Å². The van der Waals surface area contributed by atoms with Gasteiger partial charge in [0.15, 0.2) is 0 Å². The second-order valence-corrected chi connectivity index (χ2v) is 4.60. The molecule has 0 aliphatic heterocycles. The third-order valence-corrected chi connectivity index (χ3v) is 3.67. The zero-order chi connectivity index (χ0) is 11.3. The molecule has 3 aromatic heterocycles. The van der Waals surface area contributed by atoms with Crippen molar-refractivity contribution in [2.24, 2.45) is 0 Å². The molecule has 3 heterocycles. The van der Waals surface area contributed by atoms with Crippen LogP contribution in [-0.4, -0.2) is 15.0 Å². The first kappa shape index (κ1) is 9.56. The summed E-state index contributed by atoms with van der Waals surface area (Å²) < 4.78 is 1.27. The Morgan fingerprint density at radius 1 is 1.31 bits per heavy atom. The summed E-state index contributed by atoms with van der Waals surface area (Å²) in [4.78, 5) is 31.4. The molecule has 0 aromatic carbocycles. The number of nitrogens with one attached hydrogen (secondary N) is 2. The van der Waals surface area contributed by atoms with Crippen molar-refractivity contribution in [2.45, 2.75) is 0 Å². The standard InChI is InChI=1S/C9H4ClN3O2S/c10-7-4-3(1-2-11-7)16-6-5(4)12-9(15)13-8(6)14/h1-2H,(H2,12,13,14,15). The molecule has 80 valence electrons. The fourth-order valence-electron chi connectivity index (χ4n) is 1.59. The molecular weight excluding hydrogens is 250 g/mol. The second kappa shape index (κ2) is 3.16. The predicted molar refractivity (Wildman–Crippen MR) is 63.4 cm³/mol. The van der Waals surface area contributed by atoms with E-state index in [9.17, 15) is 9.59 Å². The van der Waals surface area contributed by atoms with E-state index in [0.717, 1.165) is 4.70 Å². The lowest BCUT2D eigenvalue weighted by molar-refractivity contribution is 1.09. The van der Waals surface area contributed by atoms with E-state index in [0.29, 0.717) is 15.6 Å². The Kier molecular flexibility index (Phi) is 1.89. The van der Waals surface area contributed by atoms with Gasteiger partial charge in [-0.1, -0.05) is 11.6 Å². The van der Waals surface area contributed by atoms with Crippen molar-refractivity contribution in [1.29, 1.82) is 0 Å². The smallest absolute Gasteiger partial charge is 0.305 e. The highest BCUT2D eigenvalue weighted by molar-refractivity contribution is 7.25. The molecule has 0 fully saturated rings. The second-order valence-electron chi connectivity index (χ2n) is 3.19. The van der Waals surface area contributed by atoms with Crippen molar-refractivity contribution < 1.29 is 0 Å². The van der Waals surface area contributed by atoms with Gasteiger partial charge in [-0.2, -0.15) is 0 Å². The van der Waals surface area contributed by atoms with Gasteiger partial charge in [0.25, 0.3) is 5.56 Å². The van der Waals surface area contributed by atoms with Gasteiger partial charge in [0.05, 0.1) is 10.9 Å². The van der Waals surface area contributed by atoms with E-state index in [-0.39, 0.29) is 5.15 Å². The molecule has 2 N–H and O–H groups in total. The lowest BCUT2D eigenvalue weighted by Gasteiger charge is -1.92. The van der Waals surface area contributed by atoms with Crippen LogP contribution in [0.5, 0.6) is 0 Å². The van der Waals surface area contributed by atoms with Gasteiger partial charge in [0.2, 0.25) is 0 Å². The first-order chi connectivity index (χ1) is 7.66. The van der Waals surface area contributed by atoms with Gasteiger partial charge in [-0.25, -0.2) is 9.78 Å². The number of halogens is 1. The summed E-state index contributed by atoms with van der Waals surface area (Å²) >= 11 is 7.22. The SMILES string of the molecule is O=c1[nH]c(=O)c2sc3ccnc(Cl)c3c2[nH]1. The molecule has 3 rings (SSSR count). The predicted octanol–water partition coefficient (Wildman–Crippen LogP) is 1.48. The Morgan fingerprint density at radius 2 is 2.12 bits per heavy atom. The Hall–Kier alpha value is -1.66. The molecule has 0 bridgehead atoms. The highest BCUT2D eigenvalue weighted by Crippen LogP contribution is 2.33. The third kappa shape index (κ3) is 1.20. The minimum Gasteiger partial charge on any atom is -0.305 e. The quantitative estimate of drug-likeness (QED) is 0.596. The average Bonchev–Trinajstić information content (AvgIpc) is 2.58. The molecule has 0 saturated heterocycles. The summed E-state index contributed by atoms with van der Waals surface area (Å²) in [5.74, 6) is 0. The number of hydrogen-bond acceptors (Lipinski definition) is 4. The Balaban J connectivity index is 2.74. The van der Waals surface area contributed by atoms with Gasteiger partial charge in [-0.05, 0) is 6.07 Å². The topological polar surface area (TPSA) is 78.6 Å². The fourth-order valence-corrected chi connectivity index (χ4v) is 2.95. The summed E-state index contributed by atoms with van der Waals surface area (Å²) in [6.07, 6.45) is 1.56. The Bertz CT molecular complexity index is 817. The van der Waals surface area contributed by atoms with Crippen LogP contribution in [-0.2, 0) is 0 Å². The Labute approximate surface area is 96.7 Å². The third-order valence-electron chi connectivity index (χ3n) is 2.23. The molecule has 0 amide bonds. The van der Waals surface area contributed by atoms with Crippen LogP contribution in [0.25, 0.3) is 20.3 Å². The van der Waals surface area contributed by atoms with E-state index in [1.54, 1.807) is 12.3 Å². The van der Waals surface area contributed by atoms with Crippen LogP contribution in [0, 0.1) is 0 Å². The van der Waals surface area contributed by atoms with Crippen LogP contribution < -0.4 is 11.2 Å². The maximum absolute atomic E-state index is 11.6. The zero-order valence-corrected chi connectivity index (χ0v) is 9.28. The molecule has 7 heteroatoms. The van der Waals surface area contributed by atoms with Gasteiger partial charge < -0.3 is 4.98 Å². The summed E-state index contributed by atoms with van der Waals surface area (Å²) in [5.41, 5.74) is -0.500. The molecule has 3 aromatic rings. The van der Waals surface area contributed by atoms with E-state index in [4.69, 9.17) is 11.6 Å². The van der Waals surface area contributed by atoms with Crippen LogP contribution >= 0.6 is 22.9 Å². The normalized spacial score (nSPS) is 11.3. The van der Waals surface area contributed by atoms with E-state index >= 15 is 0 Å². The number of nitrogens with zero attached hydrogens (tertiary/aromatic N) is 1. The molecule has 0 aliphatic carbocycles. The van der Waals surface area contributed by atoms with E-state index in [1.165, 1.54) is 11.3 Å². The molecule has 0 aliphatic rings. The molecule has 16 heavy (non-hydrogen) atoms. The maximum atomic E-state index is 11.6. The number of aromatic nitrogens is 3. The minimum absolute atomic E-state index is 0.282. The van der Waals surface area contributed by atoms with Gasteiger partial charge in [0.1, 0.15) is 9.85 Å². The van der Waals surface area contributed by atoms with Crippen molar-refractivity contribution in [3.05, 3.63) is 38.3 Å². The van der Waals surface area contributed by atoms with Gasteiger partial charge in [0, 0.05) is 10.9 Å². The zero-order valence-electron chi connectivity index (χ0n) is 7.70. The van der Waals surface area contributed by atoms with E-state index in [1.807, 2.05) is 0 Å². The monoisotopic (exact) mass is 253 g/mol. The van der Waals surface area contributed by atoms with Crippen LogP contribution in [0.2, 0.25) is 5.15 Å². The molecule has 0 saturated carbocycles. The average molecular weight is 254 g/mol. The number of thiophene rings is 1. The van der Waals surface area contributed by atoms with E-state index < -0.39 is 11.2 Å².